The summed E-state index contributed by atoms with van der Waals surface area (Å²) in [6, 6.07) is 18.1. The van der Waals surface area contributed by atoms with E-state index in [-0.39, 0.29) is 23.2 Å². The van der Waals surface area contributed by atoms with Crippen molar-refractivity contribution in [2.24, 2.45) is 5.16 Å². The van der Waals surface area contributed by atoms with E-state index < -0.39 is 18.0 Å². The van der Waals surface area contributed by atoms with Crippen LogP contribution < -0.4 is 10.1 Å². The lowest BCUT2D eigenvalue weighted by atomic mass is 10.0. The molecule has 1 heterocycles. The SMILES string of the molecule is CNC(=O)/C(=N\OC)c1ccccc1COc1ncc(C(OC(C)=O)c2ccccc2)cc1Cl. The molecule has 1 aromatic heterocycles. The highest BCUT2D eigenvalue weighted by Gasteiger charge is 2.21. The Kier molecular flexibility index (Phi) is 8.59. The standard InChI is InChI=1S/C25H24ClN3O5/c1-16(30)34-23(17-9-5-4-6-10-17)19-13-21(26)25(28-14-19)33-15-18-11-7-8-12-20(18)22(29-32-3)24(31)27-2/h4-14,23H,15H2,1-3H3,(H,27,31)/b29-22-. The molecule has 2 aromatic carbocycles. The van der Waals surface area contributed by atoms with E-state index in [0.717, 1.165) is 5.56 Å². The maximum atomic E-state index is 12.2. The Hall–Kier alpha value is -3.91. The number of nitrogens with zero attached hydrogens (tertiary/aromatic N) is 2. The Morgan fingerprint density at radius 2 is 1.79 bits per heavy atom. The van der Waals surface area contributed by atoms with Crippen molar-refractivity contribution in [3.8, 4) is 5.88 Å². The Labute approximate surface area is 202 Å². The molecule has 0 spiro atoms. The molecular weight excluding hydrogens is 458 g/mol. The third kappa shape index (κ3) is 6.11. The van der Waals surface area contributed by atoms with Gasteiger partial charge in [0.05, 0.1) is 0 Å². The molecule has 1 amide bonds. The van der Waals surface area contributed by atoms with Gasteiger partial charge >= 0.3 is 5.97 Å². The number of aromatic nitrogens is 1. The number of esters is 1. The van der Waals surface area contributed by atoms with E-state index in [1.54, 1.807) is 30.5 Å². The molecule has 0 bridgehead atoms. The van der Waals surface area contributed by atoms with Gasteiger partial charge in [0.1, 0.15) is 18.7 Å². The average Bonchev–Trinajstić information content (AvgIpc) is 2.85. The molecule has 0 saturated carbocycles. The average molecular weight is 482 g/mol. The van der Waals surface area contributed by atoms with Gasteiger partial charge in [0.25, 0.3) is 5.91 Å². The molecule has 0 fully saturated rings. The van der Waals surface area contributed by atoms with Gasteiger partial charge in [0.15, 0.2) is 11.8 Å². The molecule has 1 atom stereocenters. The molecule has 8 nitrogen and oxygen atoms in total. The number of nitrogens with one attached hydrogen (secondary N) is 1. The number of hydrogen-bond acceptors (Lipinski definition) is 7. The van der Waals surface area contributed by atoms with Crippen LogP contribution in [0, 0.1) is 0 Å². The predicted octanol–water partition coefficient (Wildman–Crippen LogP) is 4.06. The zero-order chi connectivity index (χ0) is 24.5. The summed E-state index contributed by atoms with van der Waals surface area (Å²) in [5.41, 5.74) is 2.75. The topological polar surface area (TPSA) is 99.1 Å². The van der Waals surface area contributed by atoms with Crippen molar-refractivity contribution in [1.29, 1.82) is 0 Å². The van der Waals surface area contributed by atoms with Crippen LogP contribution in [0.5, 0.6) is 5.88 Å². The first-order valence-electron chi connectivity index (χ1n) is 10.4. The summed E-state index contributed by atoms with van der Waals surface area (Å²) in [5, 5.41) is 6.64. The zero-order valence-electron chi connectivity index (χ0n) is 18.9. The fourth-order valence-corrected chi connectivity index (χ4v) is 3.49. The molecule has 176 valence electrons. The van der Waals surface area contributed by atoms with Gasteiger partial charge in [-0.3, -0.25) is 9.59 Å². The van der Waals surface area contributed by atoms with Gasteiger partial charge in [0, 0.05) is 31.3 Å². The Bertz CT molecular complexity index is 1180. The maximum absolute atomic E-state index is 12.2. The van der Waals surface area contributed by atoms with Crippen LogP contribution in [0.3, 0.4) is 0 Å². The summed E-state index contributed by atoms with van der Waals surface area (Å²) < 4.78 is 11.4. The van der Waals surface area contributed by atoms with Crippen molar-refractivity contribution in [3.63, 3.8) is 0 Å². The monoisotopic (exact) mass is 481 g/mol. The first kappa shape index (κ1) is 24.7. The van der Waals surface area contributed by atoms with Gasteiger partial charge in [0.2, 0.25) is 5.88 Å². The van der Waals surface area contributed by atoms with Gasteiger partial charge in [-0.15, -0.1) is 0 Å². The highest BCUT2D eigenvalue weighted by atomic mass is 35.5. The smallest absolute Gasteiger partial charge is 0.303 e. The normalized spacial score (nSPS) is 11.9. The molecule has 0 aliphatic carbocycles. The molecule has 0 saturated heterocycles. The van der Waals surface area contributed by atoms with Crippen LogP contribution in [-0.2, 0) is 25.8 Å². The van der Waals surface area contributed by atoms with Gasteiger partial charge in [-0.25, -0.2) is 4.98 Å². The number of pyridine rings is 1. The number of amides is 1. The van der Waals surface area contributed by atoms with E-state index in [1.165, 1.54) is 21.1 Å². The van der Waals surface area contributed by atoms with E-state index in [0.29, 0.717) is 16.7 Å². The van der Waals surface area contributed by atoms with E-state index in [2.05, 4.69) is 15.5 Å². The molecule has 9 heteroatoms. The predicted molar refractivity (Wildman–Crippen MR) is 128 cm³/mol. The van der Waals surface area contributed by atoms with Crippen LogP contribution >= 0.6 is 11.6 Å². The summed E-state index contributed by atoms with van der Waals surface area (Å²) >= 11 is 6.45. The van der Waals surface area contributed by atoms with Crippen molar-refractivity contribution in [1.82, 2.24) is 10.3 Å². The highest BCUT2D eigenvalue weighted by Crippen LogP contribution is 2.31. The van der Waals surface area contributed by atoms with Crippen molar-refractivity contribution in [2.75, 3.05) is 14.2 Å². The lowest BCUT2D eigenvalue weighted by molar-refractivity contribution is -0.144. The highest BCUT2D eigenvalue weighted by molar-refractivity contribution is 6.45. The number of halogens is 1. The summed E-state index contributed by atoms with van der Waals surface area (Å²) in [5.74, 6) is -0.626. The summed E-state index contributed by atoms with van der Waals surface area (Å²) in [6.45, 7) is 1.42. The van der Waals surface area contributed by atoms with Crippen molar-refractivity contribution in [2.45, 2.75) is 19.6 Å². The van der Waals surface area contributed by atoms with Crippen LogP contribution in [0.25, 0.3) is 0 Å². The fourth-order valence-electron chi connectivity index (χ4n) is 3.26. The number of carbonyl (C=O) groups excluding carboxylic acids is 2. The number of rotatable bonds is 9. The lowest BCUT2D eigenvalue weighted by Crippen LogP contribution is -2.29. The molecule has 3 rings (SSSR count). The number of ether oxygens (including phenoxy) is 2. The third-order valence-electron chi connectivity index (χ3n) is 4.78. The van der Waals surface area contributed by atoms with Crippen molar-refractivity contribution in [3.05, 3.63) is 94.1 Å². The Balaban J connectivity index is 1.84. The zero-order valence-corrected chi connectivity index (χ0v) is 19.7. The third-order valence-corrected chi connectivity index (χ3v) is 5.05. The number of carbonyl (C=O) groups is 2. The second-order valence-corrected chi connectivity index (χ2v) is 7.51. The van der Waals surface area contributed by atoms with Gasteiger partial charge < -0.3 is 19.6 Å². The molecule has 0 aliphatic rings. The van der Waals surface area contributed by atoms with Gasteiger partial charge in [-0.2, -0.15) is 0 Å². The second kappa shape index (κ2) is 11.8. The Morgan fingerprint density at radius 3 is 2.44 bits per heavy atom. The number of likely N-dealkylation sites (N-methyl/N-ethyl adjacent to an activating group) is 1. The largest absolute Gasteiger partial charge is 0.472 e. The first-order valence-corrected chi connectivity index (χ1v) is 10.7. The minimum Gasteiger partial charge on any atom is -0.472 e. The Morgan fingerprint density at radius 1 is 1.09 bits per heavy atom. The van der Waals surface area contributed by atoms with Crippen LogP contribution in [0.15, 0.2) is 72.0 Å². The molecule has 0 aliphatic heterocycles. The minimum absolute atomic E-state index is 0.0774. The van der Waals surface area contributed by atoms with Crippen LogP contribution in [0.4, 0.5) is 0 Å². The summed E-state index contributed by atoms with van der Waals surface area (Å²) in [7, 11) is 2.88. The van der Waals surface area contributed by atoms with Gasteiger partial charge in [-0.05, 0) is 17.2 Å². The van der Waals surface area contributed by atoms with Crippen LogP contribution in [-0.4, -0.2) is 36.7 Å². The summed E-state index contributed by atoms with van der Waals surface area (Å²) in [4.78, 5) is 33.1. The van der Waals surface area contributed by atoms with Crippen LogP contribution in [0.2, 0.25) is 5.02 Å². The number of benzene rings is 2. The van der Waals surface area contributed by atoms with E-state index >= 15 is 0 Å². The van der Waals surface area contributed by atoms with Crippen molar-refractivity contribution >= 4 is 29.2 Å². The molecular formula is C25H24ClN3O5. The molecule has 1 N–H and O–H groups in total. The van der Waals surface area contributed by atoms with E-state index in [1.807, 2.05) is 36.4 Å². The van der Waals surface area contributed by atoms with Crippen molar-refractivity contribution < 1.29 is 23.9 Å². The molecule has 3 aromatic rings. The summed E-state index contributed by atoms with van der Waals surface area (Å²) in [6.07, 6.45) is 0.898. The lowest BCUT2D eigenvalue weighted by Gasteiger charge is -2.18. The molecule has 1 unspecified atom stereocenters. The maximum Gasteiger partial charge on any atom is 0.303 e. The first-order chi connectivity index (χ1) is 16.4. The van der Waals surface area contributed by atoms with E-state index in [4.69, 9.17) is 25.9 Å². The molecule has 0 radical (unpaired) electrons. The van der Waals surface area contributed by atoms with Gasteiger partial charge in [-0.1, -0.05) is 71.4 Å². The second-order valence-electron chi connectivity index (χ2n) is 7.10. The fraction of sp³-hybridized carbons (Fsp3) is 0.200. The quantitative estimate of drug-likeness (QED) is 0.281. The molecule has 34 heavy (non-hydrogen) atoms. The van der Waals surface area contributed by atoms with E-state index in [9.17, 15) is 9.59 Å². The number of oxime groups is 1. The minimum atomic E-state index is -0.654. The number of hydrogen-bond donors (Lipinski definition) is 1. The van der Waals surface area contributed by atoms with Crippen LogP contribution in [0.1, 0.15) is 35.3 Å².